The van der Waals surface area contributed by atoms with Gasteiger partial charge in [0.2, 0.25) is 0 Å². The van der Waals surface area contributed by atoms with E-state index in [1.165, 1.54) is 0 Å². The maximum absolute atomic E-state index is 11.4. The molecule has 0 saturated heterocycles. The van der Waals surface area contributed by atoms with Crippen molar-refractivity contribution >= 4 is 5.97 Å². The number of aryl methyl sites for hydroxylation is 1. The first kappa shape index (κ1) is 16.5. The second kappa shape index (κ2) is 9.34. The summed E-state index contributed by atoms with van der Waals surface area (Å²) in [5.74, 6) is 0.388. The standard InChI is InChI=1S/C15H23NO4/c1-4-19-14(17)11-20-15-12(2)6-5-7-13(15)10-16-8-9-18-3/h5-7,16H,4,8-11H2,1-3H3. The fraction of sp³-hybridized carbons (Fsp3) is 0.533. The summed E-state index contributed by atoms with van der Waals surface area (Å²) in [7, 11) is 1.67. The molecule has 0 saturated carbocycles. The van der Waals surface area contributed by atoms with Crippen LogP contribution in [0.4, 0.5) is 0 Å². The number of ether oxygens (including phenoxy) is 3. The van der Waals surface area contributed by atoms with Crippen molar-refractivity contribution in [1.82, 2.24) is 5.32 Å². The normalized spacial score (nSPS) is 10.3. The van der Waals surface area contributed by atoms with Crippen molar-refractivity contribution in [3.05, 3.63) is 29.3 Å². The summed E-state index contributed by atoms with van der Waals surface area (Å²) in [6.45, 7) is 6.12. The Kier molecular flexibility index (Phi) is 7.69. The Bertz CT molecular complexity index is 420. The third kappa shape index (κ3) is 5.59. The molecule has 0 aliphatic rings. The van der Waals surface area contributed by atoms with E-state index in [2.05, 4.69) is 5.32 Å². The van der Waals surface area contributed by atoms with Gasteiger partial charge in [-0.25, -0.2) is 4.79 Å². The molecule has 112 valence electrons. The van der Waals surface area contributed by atoms with Crippen LogP contribution >= 0.6 is 0 Å². The lowest BCUT2D eigenvalue weighted by molar-refractivity contribution is -0.145. The zero-order valence-electron chi connectivity index (χ0n) is 12.4. The van der Waals surface area contributed by atoms with Gasteiger partial charge >= 0.3 is 5.97 Å². The third-order valence-corrected chi connectivity index (χ3v) is 2.73. The van der Waals surface area contributed by atoms with Gasteiger partial charge in [0.15, 0.2) is 6.61 Å². The van der Waals surface area contributed by atoms with Crippen molar-refractivity contribution in [2.24, 2.45) is 0 Å². The van der Waals surface area contributed by atoms with Gasteiger partial charge in [0.25, 0.3) is 0 Å². The highest BCUT2D eigenvalue weighted by Crippen LogP contribution is 2.23. The number of methoxy groups -OCH3 is 1. The van der Waals surface area contributed by atoms with Gasteiger partial charge in [0.1, 0.15) is 5.75 Å². The average molecular weight is 281 g/mol. The Morgan fingerprint density at radius 2 is 2.15 bits per heavy atom. The van der Waals surface area contributed by atoms with Gasteiger partial charge in [-0.1, -0.05) is 18.2 Å². The Morgan fingerprint density at radius 3 is 2.85 bits per heavy atom. The van der Waals surface area contributed by atoms with Crippen LogP contribution in [0.3, 0.4) is 0 Å². The maximum atomic E-state index is 11.4. The molecule has 0 unspecified atom stereocenters. The van der Waals surface area contributed by atoms with Crippen LogP contribution in [-0.2, 0) is 20.8 Å². The first-order chi connectivity index (χ1) is 9.69. The fourth-order valence-electron chi connectivity index (χ4n) is 1.79. The number of para-hydroxylation sites is 1. The molecule has 0 amide bonds. The first-order valence-electron chi connectivity index (χ1n) is 6.75. The van der Waals surface area contributed by atoms with E-state index in [0.29, 0.717) is 19.8 Å². The molecule has 1 aromatic carbocycles. The summed E-state index contributed by atoms with van der Waals surface area (Å²) in [5.41, 5.74) is 2.02. The van der Waals surface area contributed by atoms with Crippen molar-refractivity contribution in [3.8, 4) is 5.75 Å². The third-order valence-electron chi connectivity index (χ3n) is 2.73. The largest absolute Gasteiger partial charge is 0.481 e. The molecule has 0 aliphatic heterocycles. The lowest BCUT2D eigenvalue weighted by Gasteiger charge is -2.14. The number of carbonyl (C=O) groups is 1. The van der Waals surface area contributed by atoms with E-state index >= 15 is 0 Å². The molecule has 20 heavy (non-hydrogen) atoms. The minimum absolute atomic E-state index is 0.0657. The van der Waals surface area contributed by atoms with Crippen molar-refractivity contribution in [3.63, 3.8) is 0 Å². The number of esters is 1. The second-order valence-corrected chi connectivity index (χ2v) is 4.33. The van der Waals surface area contributed by atoms with Gasteiger partial charge in [-0.3, -0.25) is 0 Å². The SMILES string of the molecule is CCOC(=O)COc1c(C)cccc1CNCCOC. The number of hydrogen-bond donors (Lipinski definition) is 1. The highest BCUT2D eigenvalue weighted by molar-refractivity contribution is 5.71. The van der Waals surface area contributed by atoms with E-state index in [4.69, 9.17) is 14.2 Å². The summed E-state index contributed by atoms with van der Waals surface area (Å²) < 4.78 is 15.4. The van der Waals surface area contributed by atoms with Crippen LogP contribution in [0.1, 0.15) is 18.1 Å². The molecule has 0 bridgehead atoms. The summed E-state index contributed by atoms with van der Waals surface area (Å²) in [5, 5.41) is 3.26. The topological polar surface area (TPSA) is 56.8 Å². The van der Waals surface area contributed by atoms with E-state index in [1.54, 1.807) is 14.0 Å². The van der Waals surface area contributed by atoms with Crippen molar-refractivity contribution < 1.29 is 19.0 Å². The lowest BCUT2D eigenvalue weighted by Crippen LogP contribution is -2.20. The van der Waals surface area contributed by atoms with Crippen molar-refractivity contribution in [1.29, 1.82) is 0 Å². The lowest BCUT2D eigenvalue weighted by atomic mass is 10.1. The maximum Gasteiger partial charge on any atom is 0.344 e. The van der Waals surface area contributed by atoms with E-state index in [9.17, 15) is 4.79 Å². The summed E-state index contributed by atoms with van der Waals surface area (Å²) in [4.78, 5) is 11.4. The van der Waals surface area contributed by atoms with Gasteiger partial charge in [0, 0.05) is 25.8 Å². The molecule has 0 aromatic heterocycles. The number of carbonyl (C=O) groups excluding carboxylic acids is 1. The summed E-state index contributed by atoms with van der Waals surface area (Å²) in [6, 6.07) is 5.91. The molecular formula is C15H23NO4. The van der Waals surface area contributed by atoms with E-state index in [1.807, 2.05) is 25.1 Å². The Labute approximate surface area is 120 Å². The van der Waals surface area contributed by atoms with Gasteiger partial charge in [-0.15, -0.1) is 0 Å². The zero-order chi connectivity index (χ0) is 14.8. The molecule has 1 aromatic rings. The molecule has 0 aliphatic carbocycles. The van der Waals surface area contributed by atoms with Crippen LogP contribution in [0.15, 0.2) is 18.2 Å². The van der Waals surface area contributed by atoms with Crippen LogP contribution in [-0.4, -0.2) is 39.4 Å². The van der Waals surface area contributed by atoms with E-state index in [-0.39, 0.29) is 12.6 Å². The molecule has 5 heteroatoms. The Hall–Kier alpha value is -1.59. The minimum Gasteiger partial charge on any atom is -0.481 e. The molecule has 1 rings (SSSR count). The Morgan fingerprint density at radius 1 is 1.35 bits per heavy atom. The summed E-state index contributed by atoms with van der Waals surface area (Å²) >= 11 is 0. The molecule has 1 N–H and O–H groups in total. The summed E-state index contributed by atoms with van der Waals surface area (Å²) in [6.07, 6.45) is 0. The number of rotatable bonds is 9. The first-order valence-corrected chi connectivity index (χ1v) is 6.75. The van der Waals surface area contributed by atoms with Gasteiger partial charge in [-0.05, 0) is 19.4 Å². The smallest absolute Gasteiger partial charge is 0.344 e. The molecule has 5 nitrogen and oxygen atoms in total. The second-order valence-electron chi connectivity index (χ2n) is 4.33. The van der Waals surface area contributed by atoms with E-state index < -0.39 is 0 Å². The van der Waals surface area contributed by atoms with Crippen molar-refractivity contribution in [2.75, 3.05) is 33.5 Å². The number of benzene rings is 1. The average Bonchev–Trinajstić information content (AvgIpc) is 2.43. The van der Waals surface area contributed by atoms with Crippen molar-refractivity contribution in [2.45, 2.75) is 20.4 Å². The molecule has 0 heterocycles. The van der Waals surface area contributed by atoms with Gasteiger partial charge in [-0.2, -0.15) is 0 Å². The van der Waals surface area contributed by atoms with Crippen LogP contribution in [0.2, 0.25) is 0 Å². The fourth-order valence-corrected chi connectivity index (χ4v) is 1.79. The zero-order valence-corrected chi connectivity index (χ0v) is 12.4. The molecule has 0 fully saturated rings. The van der Waals surface area contributed by atoms with Crippen LogP contribution < -0.4 is 10.1 Å². The molecule has 0 radical (unpaired) electrons. The predicted octanol–water partition coefficient (Wildman–Crippen LogP) is 1.67. The van der Waals surface area contributed by atoms with E-state index in [0.717, 1.165) is 23.4 Å². The molecule has 0 atom stereocenters. The molecule has 0 spiro atoms. The Balaban J connectivity index is 2.60. The van der Waals surface area contributed by atoms with Crippen LogP contribution in [0.5, 0.6) is 5.75 Å². The van der Waals surface area contributed by atoms with Crippen LogP contribution in [0, 0.1) is 6.92 Å². The highest BCUT2D eigenvalue weighted by Gasteiger charge is 2.09. The molecular weight excluding hydrogens is 258 g/mol. The quantitative estimate of drug-likeness (QED) is 0.551. The minimum atomic E-state index is -0.353. The highest BCUT2D eigenvalue weighted by atomic mass is 16.6. The number of nitrogens with one attached hydrogen (secondary N) is 1. The number of hydrogen-bond acceptors (Lipinski definition) is 5. The van der Waals surface area contributed by atoms with Gasteiger partial charge < -0.3 is 19.5 Å². The monoisotopic (exact) mass is 281 g/mol. The predicted molar refractivity (Wildman–Crippen MR) is 76.9 cm³/mol. The van der Waals surface area contributed by atoms with Gasteiger partial charge in [0.05, 0.1) is 13.2 Å². The van der Waals surface area contributed by atoms with Crippen LogP contribution in [0.25, 0.3) is 0 Å².